The minimum absolute atomic E-state index is 0.316. The third kappa shape index (κ3) is 28.8. The predicted octanol–water partition coefficient (Wildman–Crippen LogP) is 14.2. The SMILES string of the molecule is CCCCC/C=C\C/C=C\CCCCCCCCO[C@H]1CC[C@@H](C)C[C@H]1OCCCCCCCC/C=C\C/C=C\CCCCC. The maximum atomic E-state index is 6.42. The third-order valence-electron chi connectivity index (χ3n) is 9.35. The topological polar surface area (TPSA) is 18.5 Å². The second kappa shape index (κ2) is 34.2. The Balaban J connectivity index is 1.95. The number of unbranched alkanes of at least 4 members (excludes halogenated alkanes) is 18. The third-order valence-corrected chi connectivity index (χ3v) is 9.35. The van der Waals surface area contributed by atoms with E-state index in [1.807, 2.05) is 0 Å². The van der Waals surface area contributed by atoms with Crippen LogP contribution in [0.15, 0.2) is 48.6 Å². The molecule has 0 aromatic carbocycles. The molecule has 1 fully saturated rings. The first-order valence-electron chi connectivity index (χ1n) is 20.1. The Morgan fingerprint density at radius 2 is 0.800 bits per heavy atom. The van der Waals surface area contributed by atoms with Crippen molar-refractivity contribution in [2.75, 3.05) is 13.2 Å². The van der Waals surface area contributed by atoms with Crippen molar-refractivity contribution < 1.29 is 9.47 Å². The largest absolute Gasteiger partial charge is 0.376 e. The molecule has 2 heteroatoms. The predicted molar refractivity (Wildman–Crippen MR) is 201 cm³/mol. The van der Waals surface area contributed by atoms with E-state index in [2.05, 4.69) is 69.4 Å². The Morgan fingerprint density at radius 1 is 0.422 bits per heavy atom. The number of hydrogen-bond acceptors (Lipinski definition) is 2. The van der Waals surface area contributed by atoms with Crippen LogP contribution in [-0.2, 0) is 9.47 Å². The Morgan fingerprint density at radius 3 is 1.24 bits per heavy atom. The first-order chi connectivity index (χ1) is 22.3. The first-order valence-corrected chi connectivity index (χ1v) is 20.1. The van der Waals surface area contributed by atoms with Gasteiger partial charge in [-0.25, -0.2) is 0 Å². The van der Waals surface area contributed by atoms with Crippen LogP contribution < -0.4 is 0 Å². The zero-order valence-electron chi connectivity index (χ0n) is 30.7. The zero-order valence-corrected chi connectivity index (χ0v) is 30.7. The summed E-state index contributed by atoms with van der Waals surface area (Å²) >= 11 is 0. The molecule has 0 saturated heterocycles. The summed E-state index contributed by atoms with van der Waals surface area (Å²) in [6.07, 6.45) is 54.2. The second-order valence-electron chi connectivity index (χ2n) is 13.9. The molecule has 1 saturated carbocycles. The molecule has 0 aromatic rings. The number of ether oxygens (including phenoxy) is 2. The molecule has 0 unspecified atom stereocenters. The maximum Gasteiger partial charge on any atom is 0.0839 e. The van der Waals surface area contributed by atoms with E-state index in [9.17, 15) is 0 Å². The first kappa shape index (κ1) is 41.9. The molecule has 0 radical (unpaired) electrons. The number of hydrogen-bond donors (Lipinski definition) is 0. The van der Waals surface area contributed by atoms with Gasteiger partial charge in [0.05, 0.1) is 12.2 Å². The highest BCUT2D eigenvalue weighted by atomic mass is 16.5. The van der Waals surface area contributed by atoms with Crippen LogP contribution in [0.5, 0.6) is 0 Å². The fourth-order valence-electron chi connectivity index (χ4n) is 6.32. The van der Waals surface area contributed by atoms with Crippen LogP contribution in [0, 0.1) is 5.92 Å². The molecular formula is C43H78O2. The quantitative estimate of drug-likeness (QED) is 0.0546. The summed E-state index contributed by atoms with van der Waals surface area (Å²) in [5, 5.41) is 0. The average molecular weight is 627 g/mol. The zero-order chi connectivity index (χ0) is 32.3. The Labute approximate surface area is 283 Å². The van der Waals surface area contributed by atoms with Gasteiger partial charge in [0.1, 0.15) is 0 Å². The summed E-state index contributed by atoms with van der Waals surface area (Å²) in [7, 11) is 0. The van der Waals surface area contributed by atoms with Crippen molar-refractivity contribution >= 4 is 0 Å². The Bertz CT molecular complexity index is 705. The molecular weight excluding hydrogens is 548 g/mol. The molecule has 0 spiro atoms. The monoisotopic (exact) mass is 627 g/mol. The molecule has 0 aromatic heterocycles. The van der Waals surface area contributed by atoms with E-state index in [1.54, 1.807) is 0 Å². The van der Waals surface area contributed by atoms with Crippen molar-refractivity contribution in [2.45, 2.75) is 206 Å². The molecule has 3 atom stereocenters. The normalized spacial score (nSPS) is 19.3. The van der Waals surface area contributed by atoms with Gasteiger partial charge in [0.2, 0.25) is 0 Å². The van der Waals surface area contributed by atoms with E-state index in [0.29, 0.717) is 12.2 Å². The van der Waals surface area contributed by atoms with Crippen LogP contribution in [0.25, 0.3) is 0 Å². The summed E-state index contributed by atoms with van der Waals surface area (Å²) in [5.74, 6) is 0.771. The summed E-state index contributed by atoms with van der Waals surface area (Å²) in [4.78, 5) is 0. The van der Waals surface area contributed by atoms with Crippen molar-refractivity contribution in [3.63, 3.8) is 0 Å². The maximum absolute atomic E-state index is 6.42. The molecule has 1 aliphatic carbocycles. The molecule has 0 heterocycles. The van der Waals surface area contributed by atoms with Crippen molar-refractivity contribution in [3.8, 4) is 0 Å². The molecule has 0 amide bonds. The lowest BCUT2D eigenvalue weighted by Gasteiger charge is -2.34. The van der Waals surface area contributed by atoms with Gasteiger partial charge in [-0.1, -0.05) is 146 Å². The van der Waals surface area contributed by atoms with Crippen molar-refractivity contribution in [1.29, 1.82) is 0 Å². The van der Waals surface area contributed by atoms with E-state index >= 15 is 0 Å². The second-order valence-corrected chi connectivity index (χ2v) is 13.9. The van der Waals surface area contributed by atoms with Gasteiger partial charge in [-0.2, -0.15) is 0 Å². The summed E-state index contributed by atoms with van der Waals surface area (Å²) in [6, 6.07) is 0. The van der Waals surface area contributed by atoms with Crippen molar-refractivity contribution in [3.05, 3.63) is 48.6 Å². The van der Waals surface area contributed by atoms with Gasteiger partial charge in [-0.15, -0.1) is 0 Å². The van der Waals surface area contributed by atoms with Gasteiger partial charge in [0, 0.05) is 13.2 Å². The fraction of sp³-hybridized carbons (Fsp3) is 0.814. The Hall–Kier alpha value is -1.12. The smallest absolute Gasteiger partial charge is 0.0839 e. The lowest BCUT2D eigenvalue weighted by molar-refractivity contribution is -0.102. The van der Waals surface area contributed by atoms with E-state index in [4.69, 9.17) is 9.47 Å². The van der Waals surface area contributed by atoms with Crippen LogP contribution in [0.1, 0.15) is 194 Å². The number of rotatable bonds is 32. The fourth-order valence-corrected chi connectivity index (χ4v) is 6.32. The van der Waals surface area contributed by atoms with Gasteiger partial charge in [-0.05, 0) is 102 Å². The van der Waals surface area contributed by atoms with Crippen LogP contribution >= 0.6 is 0 Å². The highest BCUT2D eigenvalue weighted by Gasteiger charge is 2.29. The molecule has 0 N–H and O–H groups in total. The van der Waals surface area contributed by atoms with Crippen LogP contribution in [0.4, 0.5) is 0 Å². The van der Waals surface area contributed by atoms with Crippen LogP contribution in [0.2, 0.25) is 0 Å². The summed E-state index contributed by atoms with van der Waals surface area (Å²) in [6.45, 7) is 8.75. The molecule has 1 rings (SSSR count). The molecule has 1 aliphatic rings. The summed E-state index contributed by atoms with van der Waals surface area (Å²) in [5.41, 5.74) is 0. The van der Waals surface area contributed by atoms with Gasteiger partial charge in [-0.3, -0.25) is 0 Å². The van der Waals surface area contributed by atoms with Gasteiger partial charge in [0.25, 0.3) is 0 Å². The van der Waals surface area contributed by atoms with E-state index in [-0.39, 0.29) is 0 Å². The molecule has 45 heavy (non-hydrogen) atoms. The minimum Gasteiger partial charge on any atom is -0.376 e. The highest BCUT2D eigenvalue weighted by molar-refractivity contribution is 4.93. The lowest BCUT2D eigenvalue weighted by atomic mass is 9.86. The van der Waals surface area contributed by atoms with Gasteiger partial charge in [0.15, 0.2) is 0 Å². The van der Waals surface area contributed by atoms with Gasteiger partial charge < -0.3 is 9.47 Å². The van der Waals surface area contributed by atoms with Gasteiger partial charge >= 0.3 is 0 Å². The highest BCUT2D eigenvalue weighted by Crippen LogP contribution is 2.29. The molecule has 2 nitrogen and oxygen atoms in total. The van der Waals surface area contributed by atoms with Crippen molar-refractivity contribution in [2.24, 2.45) is 5.92 Å². The van der Waals surface area contributed by atoms with Crippen molar-refractivity contribution in [1.82, 2.24) is 0 Å². The van der Waals surface area contributed by atoms with Crippen LogP contribution in [-0.4, -0.2) is 25.4 Å². The van der Waals surface area contributed by atoms with E-state index < -0.39 is 0 Å². The molecule has 262 valence electrons. The van der Waals surface area contributed by atoms with Crippen LogP contribution in [0.3, 0.4) is 0 Å². The molecule has 0 aliphatic heterocycles. The standard InChI is InChI=1S/C43H78O2/c1-4-6-8-10-12-14-16-18-20-22-24-26-28-30-32-34-38-44-42-37-36-41(3)40-43(42)45-39-35-33-31-29-27-25-23-21-19-17-15-13-11-9-7-5-2/h12-15,18-21,41-43H,4-11,16-17,22-40H2,1-3H3/b14-12-,15-13-,20-18-,21-19-/t41-,42+,43-/m1/s1. The lowest BCUT2D eigenvalue weighted by Crippen LogP contribution is -2.37. The molecule has 0 bridgehead atoms. The van der Waals surface area contributed by atoms with E-state index in [0.717, 1.165) is 32.0 Å². The van der Waals surface area contributed by atoms with E-state index in [1.165, 1.54) is 161 Å². The average Bonchev–Trinajstić information content (AvgIpc) is 3.04. The number of allylic oxidation sites excluding steroid dienone is 8. The minimum atomic E-state index is 0.316. The Kier molecular flexibility index (Phi) is 31.9. The summed E-state index contributed by atoms with van der Waals surface area (Å²) < 4.78 is 12.8.